The number of carbonyl (C=O) groups excluding carboxylic acids is 1. The Labute approximate surface area is 150 Å². The third-order valence-electron chi connectivity index (χ3n) is 5.82. The van der Waals surface area contributed by atoms with Crippen LogP contribution in [0, 0.1) is 0 Å². The standard InChI is InChI=1S/C22H26N2O/c1-23(17-18-9-3-2-4-10-18)15-16-24-20-12-6-5-11-19(20)22(21(24)25)13-7-8-14-22/h2-6,9-12H,7-8,13-17H2,1H3. The van der Waals surface area contributed by atoms with Crippen LogP contribution in [0.4, 0.5) is 5.69 Å². The van der Waals surface area contributed by atoms with Crippen LogP contribution in [-0.2, 0) is 16.8 Å². The second-order valence-corrected chi connectivity index (χ2v) is 7.49. The highest BCUT2D eigenvalue weighted by atomic mass is 16.2. The fourth-order valence-electron chi connectivity index (χ4n) is 4.53. The Hall–Kier alpha value is -2.13. The van der Waals surface area contributed by atoms with E-state index in [4.69, 9.17) is 0 Å². The van der Waals surface area contributed by atoms with E-state index in [1.165, 1.54) is 24.0 Å². The summed E-state index contributed by atoms with van der Waals surface area (Å²) >= 11 is 0. The predicted octanol–water partition coefficient (Wildman–Crippen LogP) is 3.98. The van der Waals surface area contributed by atoms with E-state index in [2.05, 4.69) is 60.5 Å². The van der Waals surface area contributed by atoms with Crippen LogP contribution >= 0.6 is 0 Å². The Morgan fingerprint density at radius 1 is 1.00 bits per heavy atom. The van der Waals surface area contributed by atoms with Gasteiger partial charge in [0.15, 0.2) is 0 Å². The second kappa shape index (κ2) is 6.64. The van der Waals surface area contributed by atoms with Crippen molar-refractivity contribution in [1.82, 2.24) is 4.90 Å². The summed E-state index contributed by atoms with van der Waals surface area (Å²) in [5, 5.41) is 0. The van der Waals surface area contributed by atoms with Crippen molar-refractivity contribution < 1.29 is 4.79 Å². The Morgan fingerprint density at radius 2 is 1.68 bits per heavy atom. The summed E-state index contributed by atoms with van der Waals surface area (Å²) in [5.41, 5.74) is 3.49. The molecule has 4 rings (SSSR count). The predicted molar refractivity (Wildman–Crippen MR) is 102 cm³/mol. The Bertz CT molecular complexity index is 750. The number of hydrogen-bond acceptors (Lipinski definition) is 2. The lowest BCUT2D eigenvalue weighted by molar-refractivity contribution is -0.123. The molecule has 1 aliphatic heterocycles. The van der Waals surface area contributed by atoms with Crippen molar-refractivity contribution in [2.45, 2.75) is 37.6 Å². The molecule has 0 saturated heterocycles. The largest absolute Gasteiger partial charge is 0.310 e. The van der Waals surface area contributed by atoms with Gasteiger partial charge in [0.2, 0.25) is 5.91 Å². The first-order chi connectivity index (χ1) is 12.2. The third-order valence-corrected chi connectivity index (χ3v) is 5.82. The third kappa shape index (κ3) is 2.87. The van der Waals surface area contributed by atoms with Crippen LogP contribution in [0.25, 0.3) is 0 Å². The van der Waals surface area contributed by atoms with E-state index >= 15 is 0 Å². The number of nitrogens with zero attached hydrogens (tertiary/aromatic N) is 2. The van der Waals surface area contributed by atoms with E-state index in [0.717, 1.165) is 38.2 Å². The molecule has 2 aromatic rings. The number of likely N-dealkylation sites (N-methyl/N-ethyl adjacent to an activating group) is 1. The molecule has 0 atom stereocenters. The Kier molecular flexibility index (Phi) is 4.34. The maximum absolute atomic E-state index is 13.3. The van der Waals surface area contributed by atoms with Crippen LogP contribution in [0.5, 0.6) is 0 Å². The molecule has 0 aromatic heterocycles. The molecule has 130 valence electrons. The number of amides is 1. The van der Waals surface area contributed by atoms with Gasteiger partial charge in [-0.05, 0) is 37.1 Å². The zero-order chi connectivity index (χ0) is 17.3. The summed E-state index contributed by atoms with van der Waals surface area (Å²) in [5.74, 6) is 0.333. The molecule has 0 bridgehead atoms. The summed E-state index contributed by atoms with van der Waals surface area (Å²) in [6.07, 6.45) is 4.36. The molecular formula is C22H26N2O. The van der Waals surface area contributed by atoms with Gasteiger partial charge in [0.25, 0.3) is 0 Å². The molecule has 1 heterocycles. The number of rotatable bonds is 5. The van der Waals surface area contributed by atoms with Gasteiger partial charge in [-0.3, -0.25) is 4.79 Å². The molecule has 3 nitrogen and oxygen atoms in total. The lowest BCUT2D eigenvalue weighted by Gasteiger charge is -2.25. The molecule has 1 amide bonds. The summed E-state index contributed by atoms with van der Waals surface area (Å²) in [7, 11) is 2.13. The van der Waals surface area contributed by atoms with E-state index in [1.54, 1.807) is 0 Å². The summed E-state index contributed by atoms with van der Waals surface area (Å²) in [6.45, 7) is 2.56. The highest BCUT2D eigenvalue weighted by Gasteiger charge is 2.51. The van der Waals surface area contributed by atoms with Crippen molar-refractivity contribution >= 4 is 11.6 Å². The lowest BCUT2D eigenvalue weighted by atomic mass is 9.80. The van der Waals surface area contributed by atoms with E-state index in [-0.39, 0.29) is 5.41 Å². The zero-order valence-electron chi connectivity index (χ0n) is 14.9. The lowest BCUT2D eigenvalue weighted by Crippen LogP contribution is -2.41. The zero-order valence-corrected chi connectivity index (χ0v) is 14.9. The van der Waals surface area contributed by atoms with Gasteiger partial charge in [0, 0.05) is 25.3 Å². The van der Waals surface area contributed by atoms with Gasteiger partial charge in [0.05, 0.1) is 5.41 Å². The van der Waals surface area contributed by atoms with E-state index < -0.39 is 0 Å². The van der Waals surface area contributed by atoms with Crippen LogP contribution in [0.3, 0.4) is 0 Å². The maximum Gasteiger partial charge on any atom is 0.237 e. The first-order valence-electron chi connectivity index (χ1n) is 9.35. The SMILES string of the molecule is CN(CCN1C(=O)C2(CCCC2)c2ccccc21)Cc1ccccc1. The van der Waals surface area contributed by atoms with Gasteiger partial charge in [-0.25, -0.2) is 0 Å². The molecule has 1 aliphatic carbocycles. The van der Waals surface area contributed by atoms with Crippen molar-refractivity contribution in [1.29, 1.82) is 0 Å². The molecule has 0 unspecified atom stereocenters. The smallest absolute Gasteiger partial charge is 0.237 e. The number of carbonyl (C=O) groups is 1. The highest BCUT2D eigenvalue weighted by molar-refractivity contribution is 6.08. The van der Waals surface area contributed by atoms with Crippen molar-refractivity contribution in [2.24, 2.45) is 0 Å². The maximum atomic E-state index is 13.3. The van der Waals surface area contributed by atoms with Gasteiger partial charge < -0.3 is 9.80 Å². The molecule has 2 aliphatic rings. The van der Waals surface area contributed by atoms with Crippen LogP contribution < -0.4 is 4.90 Å². The van der Waals surface area contributed by atoms with Gasteiger partial charge in [-0.15, -0.1) is 0 Å². The van der Waals surface area contributed by atoms with E-state index in [9.17, 15) is 4.79 Å². The van der Waals surface area contributed by atoms with Crippen LogP contribution in [-0.4, -0.2) is 30.9 Å². The van der Waals surface area contributed by atoms with Gasteiger partial charge >= 0.3 is 0 Å². The molecule has 1 spiro atoms. The molecular weight excluding hydrogens is 308 g/mol. The van der Waals surface area contributed by atoms with E-state index in [1.807, 2.05) is 11.0 Å². The first-order valence-corrected chi connectivity index (χ1v) is 9.35. The summed E-state index contributed by atoms with van der Waals surface area (Å²) < 4.78 is 0. The minimum atomic E-state index is -0.228. The van der Waals surface area contributed by atoms with Crippen molar-refractivity contribution in [2.75, 3.05) is 25.0 Å². The van der Waals surface area contributed by atoms with Gasteiger partial charge in [0.1, 0.15) is 0 Å². The average Bonchev–Trinajstić information content (AvgIpc) is 3.21. The minimum absolute atomic E-state index is 0.228. The average molecular weight is 334 g/mol. The number of anilines is 1. The molecule has 0 radical (unpaired) electrons. The Morgan fingerprint density at radius 3 is 2.44 bits per heavy atom. The minimum Gasteiger partial charge on any atom is -0.310 e. The fraction of sp³-hybridized carbons (Fsp3) is 0.409. The summed E-state index contributed by atoms with van der Waals surface area (Å²) in [6, 6.07) is 18.9. The molecule has 0 N–H and O–H groups in total. The number of hydrogen-bond donors (Lipinski definition) is 0. The Balaban J connectivity index is 1.48. The topological polar surface area (TPSA) is 23.6 Å². The summed E-state index contributed by atoms with van der Waals surface area (Å²) in [4.78, 5) is 17.6. The van der Waals surface area contributed by atoms with Crippen LogP contribution in [0.1, 0.15) is 36.8 Å². The molecule has 1 saturated carbocycles. The second-order valence-electron chi connectivity index (χ2n) is 7.49. The van der Waals surface area contributed by atoms with Crippen LogP contribution in [0.15, 0.2) is 54.6 Å². The van der Waals surface area contributed by atoms with Gasteiger partial charge in [-0.2, -0.15) is 0 Å². The first kappa shape index (κ1) is 16.3. The van der Waals surface area contributed by atoms with Crippen molar-refractivity contribution in [3.63, 3.8) is 0 Å². The van der Waals surface area contributed by atoms with Crippen molar-refractivity contribution in [3.05, 3.63) is 65.7 Å². The molecule has 1 fully saturated rings. The van der Waals surface area contributed by atoms with E-state index in [0.29, 0.717) is 5.91 Å². The number of benzene rings is 2. The molecule has 3 heteroatoms. The molecule has 25 heavy (non-hydrogen) atoms. The fourth-order valence-corrected chi connectivity index (χ4v) is 4.53. The quantitative estimate of drug-likeness (QED) is 0.826. The van der Waals surface area contributed by atoms with Crippen molar-refractivity contribution in [3.8, 4) is 0 Å². The number of para-hydroxylation sites is 1. The molecule has 2 aromatic carbocycles. The monoisotopic (exact) mass is 334 g/mol. The number of fused-ring (bicyclic) bond motifs is 2. The highest BCUT2D eigenvalue weighted by Crippen LogP contribution is 2.51. The normalized spacial score (nSPS) is 18.3. The van der Waals surface area contributed by atoms with Gasteiger partial charge in [-0.1, -0.05) is 61.4 Å². The van der Waals surface area contributed by atoms with Crippen LogP contribution in [0.2, 0.25) is 0 Å².